The van der Waals surface area contributed by atoms with E-state index in [1.165, 1.54) is 32.4 Å². The van der Waals surface area contributed by atoms with Crippen molar-refractivity contribution < 1.29 is 4.74 Å². The molecule has 104 valence electrons. The Morgan fingerprint density at radius 2 is 2.16 bits per heavy atom. The molecule has 0 saturated carbocycles. The molecule has 1 aromatic heterocycles. The monoisotopic (exact) mass is 261 g/mol. The zero-order valence-corrected chi connectivity index (χ0v) is 11.7. The van der Waals surface area contributed by atoms with Crippen LogP contribution in [0.25, 0.3) is 0 Å². The zero-order chi connectivity index (χ0) is 13.1. The van der Waals surface area contributed by atoms with Crippen LogP contribution < -0.4 is 0 Å². The van der Waals surface area contributed by atoms with Crippen molar-refractivity contribution in [3.05, 3.63) is 23.8 Å². The van der Waals surface area contributed by atoms with Crippen LogP contribution in [0.1, 0.15) is 36.7 Å². The van der Waals surface area contributed by atoms with Gasteiger partial charge in [0.2, 0.25) is 0 Å². The minimum atomic E-state index is 0.528. The second-order valence-electron chi connectivity index (χ2n) is 5.86. The molecule has 1 atom stereocenters. The number of likely N-dealkylation sites (tertiary alicyclic amines) is 1. The Balaban J connectivity index is 1.55. The van der Waals surface area contributed by atoms with E-state index in [9.17, 15) is 0 Å². The van der Waals surface area contributed by atoms with Crippen molar-refractivity contribution in [2.75, 3.05) is 32.8 Å². The third-order valence-corrected chi connectivity index (χ3v) is 4.31. The van der Waals surface area contributed by atoms with Crippen molar-refractivity contribution in [2.45, 2.75) is 32.1 Å². The maximum absolute atomic E-state index is 5.43. The summed E-state index contributed by atoms with van der Waals surface area (Å²) in [4.78, 5) is 11.6. The van der Waals surface area contributed by atoms with Gasteiger partial charge in [0.25, 0.3) is 0 Å². The molecule has 0 aromatic carbocycles. The van der Waals surface area contributed by atoms with Gasteiger partial charge in [0, 0.05) is 44.1 Å². The van der Waals surface area contributed by atoms with E-state index >= 15 is 0 Å². The molecule has 3 rings (SSSR count). The van der Waals surface area contributed by atoms with Gasteiger partial charge in [-0.25, -0.2) is 9.97 Å². The van der Waals surface area contributed by atoms with E-state index in [1.807, 2.05) is 19.2 Å². The fourth-order valence-electron chi connectivity index (χ4n) is 3.17. The summed E-state index contributed by atoms with van der Waals surface area (Å²) in [5.74, 6) is 2.39. The van der Waals surface area contributed by atoms with Crippen LogP contribution in [0.5, 0.6) is 0 Å². The fourth-order valence-corrected chi connectivity index (χ4v) is 3.17. The Labute approximate surface area is 115 Å². The molecule has 0 spiro atoms. The highest BCUT2D eigenvalue weighted by Crippen LogP contribution is 2.26. The maximum Gasteiger partial charge on any atom is 0.132 e. The number of aryl methyl sites for hydroxylation is 1. The van der Waals surface area contributed by atoms with Crippen LogP contribution in [0.2, 0.25) is 0 Å². The fraction of sp³-hybridized carbons (Fsp3) is 0.733. The molecular weight excluding hydrogens is 238 g/mol. The quantitative estimate of drug-likeness (QED) is 0.834. The molecule has 0 N–H and O–H groups in total. The van der Waals surface area contributed by atoms with E-state index in [1.54, 1.807) is 0 Å². The minimum absolute atomic E-state index is 0.528. The van der Waals surface area contributed by atoms with Gasteiger partial charge >= 0.3 is 0 Å². The second kappa shape index (κ2) is 5.97. The molecule has 0 radical (unpaired) electrons. The van der Waals surface area contributed by atoms with Crippen LogP contribution in [0, 0.1) is 12.8 Å². The molecule has 4 heteroatoms. The lowest BCUT2D eigenvalue weighted by Crippen LogP contribution is -2.30. The van der Waals surface area contributed by atoms with Crippen LogP contribution in [0.15, 0.2) is 12.3 Å². The van der Waals surface area contributed by atoms with Gasteiger partial charge in [-0.15, -0.1) is 0 Å². The molecule has 2 aliphatic rings. The standard InChI is InChI=1S/C15H23N3O/c1-12-2-6-16-15(17-12)14-3-7-18(11-14)10-13-4-8-19-9-5-13/h2,6,13-14H,3-5,7-11H2,1H3/t14-/m1/s1. The highest BCUT2D eigenvalue weighted by Gasteiger charge is 2.28. The summed E-state index contributed by atoms with van der Waals surface area (Å²) in [5, 5.41) is 0. The first-order chi connectivity index (χ1) is 9.31. The summed E-state index contributed by atoms with van der Waals surface area (Å²) in [5.41, 5.74) is 1.08. The third-order valence-electron chi connectivity index (χ3n) is 4.31. The normalized spacial score (nSPS) is 25.8. The van der Waals surface area contributed by atoms with Gasteiger partial charge in [-0.3, -0.25) is 0 Å². The Hall–Kier alpha value is -1.00. The number of aromatic nitrogens is 2. The van der Waals surface area contributed by atoms with Gasteiger partial charge in [0.05, 0.1) is 0 Å². The molecule has 19 heavy (non-hydrogen) atoms. The lowest BCUT2D eigenvalue weighted by Gasteiger charge is -2.26. The summed E-state index contributed by atoms with van der Waals surface area (Å²) in [6.45, 7) is 7.48. The van der Waals surface area contributed by atoms with Gasteiger partial charge in [-0.1, -0.05) is 0 Å². The van der Waals surface area contributed by atoms with E-state index in [2.05, 4.69) is 14.9 Å². The summed E-state index contributed by atoms with van der Waals surface area (Å²) < 4.78 is 5.43. The van der Waals surface area contributed by atoms with Gasteiger partial charge in [-0.05, 0) is 44.7 Å². The van der Waals surface area contributed by atoms with E-state index in [0.29, 0.717) is 5.92 Å². The summed E-state index contributed by atoms with van der Waals surface area (Å²) in [6, 6.07) is 1.97. The Morgan fingerprint density at radius 1 is 1.32 bits per heavy atom. The van der Waals surface area contributed by atoms with Crippen LogP contribution in [0.3, 0.4) is 0 Å². The Bertz CT molecular complexity index is 418. The molecule has 0 aliphatic carbocycles. The predicted octanol–water partition coefficient (Wildman–Crippen LogP) is 2.00. The largest absolute Gasteiger partial charge is 0.381 e. The van der Waals surface area contributed by atoms with Crippen LogP contribution in [-0.2, 0) is 4.74 Å². The van der Waals surface area contributed by atoms with Crippen molar-refractivity contribution in [1.82, 2.24) is 14.9 Å². The first-order valence-corrected chi connectivity index (χ1v) is 7.41. The zero-order valence-electron chi connectivity index (χ0n) is 11.7. The number of nitrogens with zero attached hydrogens (tertiary/aromatic N) is 3. The topological polar surface area (TPSA) is 38.2 Å². The molecule has 2 aliphatic heterocycles. The van der Waals surface area contributed by atoms with E-state index < -0.39 is 0 Å². The van der Waals surface area contributed by atoms with Gasteiger partial charge < -0.3 is 9.64 Å². The third kappa shape index (κ3) is 3.31. The maximum atomic E-state index is 5.43. The number of ether oxygens (including phenoxy) is 1. The van der Waals surface area contributed by atoms with Crippen molar-refractivity contribution in [2.24, 2.45) is 5.92 Å². The van der Waals surface area contributed by atoms with E-state index in [-0.39, 0.29) is 0 Å². The lowest BCUT2D eigenvalue weighted by atomic mass is 10.00. The molecule has 2 fully saturated rings. The molecule has 0 bridgehead atoms. The Kier molecular flexibility index (Phi) is 4.09. The molecule has 3 heterocycles. The minimum Gasteiger partial charge on any atom is -0.381 e. The summed E-state index contributed by atoms with van der Waals surface area (Å²) >= 11 is 0. The van der Waals surface area contributed by atoms with E-state index in [0.717, 1.165) is 37.2 Å². The second-order valence-corrected chi connectivity index (χ2v) is 5.86. The van der Waals surface area contributed by atoms with Gasteiger partial charge in [0.15, 0.2) is 0 Å². The average molecular weight is 261 g/mol. The van der Waals surface area contributed by atoms with Crippen molar-refractivity contribution in [1.29, 1.82) is 0 Å². The first-order valence-electron chi connectivity index (χ1n) is 7.41. The molecular formula is C15H23N3O. The van der Waals surface area contributed by atoms with Crippen molar-refractivity contribution >= 4 is 0 Å². The average Bonchev–Trinajstić information content (AvgIpc) is 2.88. The van der Waals surface area contributed by atoms with E-state index in [4.69, 9.17) is 4.74 Å². The van der Waals surface area contributed by atoms with Crippen molar-refractivity contribution in [3.63, 3.8) is 0 Å². The number of hydrogen-bond donors (Lipinski definition) is 0. The van der Waals surface area contributed by atoms with Crippen LogP contribution in [-0.4, -0.2) is 47.7 Å². The van der Waals surface area contributed by atoms with Gasteiger partial charge in [0.1, 0.15) is 5.82 Å². The predicted molar refractivity (Wildman–Crippen MR) is 74.1 cm³/mol. The number of rotatable bonds is 3. The highest BCUT2D eigenvalue weighted by molar-refractivity contribution is 5.06. The molecule has 0 amide bonds. The molecule has 4 nitrogen and oxygen atoms in total. The van der Waals surface area contributed by atoms with Crippen LogP contribution >= 0.6 is 0 Å². The first kappa shape index (κ1) is 13.0. The highest BCUT2D eigenvalue weighted by atomic mass is 16.5. The number of hydrogen-bond acceptors (Lipinski definition) is 4. The van der Waals surface area contributed by atoms with Gasteiger partial charge in [-0.2, -0.15) is 0 Å². The van der Waals surface area contributed by atoms with Crippen molar-refractivity contribution in [3.8, 4) is 0 Å². The smallest absolute Gasteiger partial charge is 0.132 e. The lowest BCUT2D eigenvalue weighted by molar-refractivity contribution is 0.0553. The molecule has 1 aromatic rings. The Morgan fingerprint density at radius 3 is 2.95 bits per heavy atom. The summed E-state index contributed by atoms with van der Waals surface area (Å²) in [7, 11) is 0. The molecule has 2 saturated heterocycles. The van der Waals surface area contributed by atoms with Crippen LogP contribution in [0.4, 0.5) is 0 Å². The SMILES string of the molecule is Cc1ccnc([C@@H]2CCN(CC3CCOCC3)C2)n1. The summed E-state index contributed by atoms with van der Waals surface area (Å²) in [6.07, 6.45) is 5.54. The molecule has 0 unspecified atom stereocenters.